The van der Waals surface area contributed by atoms with Crippen molar-refractivity contribution in [2.24, 2.45) is 0 Å². The van der Waals surface area contributed by atoms with Crippen molar-refractivity contribution in [3.63, 3.8) is 0 Å². The van der Waals surface area contributed by atoms with E-state index >= 15 is 0 Å². The zero-order chi connectivity index (χ0) is 20.8. The molecule has 1 fully saturated rings. The molecule has 0 aromatic carbocycles. The highest BCUT2D eigenvalue weighted by Gasteiger charge is 2.23. The van der Waals surface area contributed by atoms with E-state index in [1.165, 1.54) is 4.57 Å². The van der Waals surface area contributed by atoms with E-state index in [4.69, 9.17) is 0 Å². The van der Waals surface area contributed by atoms with Gasteiger partial charge in [0.05, 0.1) is 0 Å². The Kier molecular flexibility index (Phi) is 6.64. The Morgan fingerprint density at radius 2 is 1.86 bits per heavy atom. The summed E-state index contributed by atoms with van der Waals surface area (Å²) in [5.41, 5.74) is 0.542. The Hall–Kier alpha value is -3.16. The molecule has 2 amide bonds. The second-order valence-electron chi connectivity index (χ2n) is 7.13. The minimum absolute atomic E-state index is 0.0360. The molecule has 0 radical (unpaired) electrons. The number of aryl methyl sites for hydroxylation is 1. The van der Waals surface area contributed by atoms with Crippen LogP contribution in [0.25, 0.3) is 0 Å². The van der Waals surface area contributed by atoms with Gasteiger partial charge in [-0.15, -0.1) is 0 Å². The predicted molar refractivity (Wildman–Crippen MR) is 112 cm³/mol. The van der Waals surface area contributed by atoms with Crippen LogP contribution in [-0.4, -0.2) is 52.4 Å². The molecule has 0 atom stereocenters. The molecule has 8 heteroatoms. The molecular weight excluding hydrogens is 370 g/mol. The van der Waals surface area contributed by atoms with Crippen LogP contribution in [0.2, 0.25) is 0 Å². The number of rotatable bonds is 6. The molecule has 0 aliphatic carbocycles. The highest BCUT2D eigenvalue weighted by atomic mass is 16.2. The number of carbonyl (C=O) groups excluding carboxylic acids is 2. The first-order valence-corrected chi connectivity index (χ1v) is 9.93. The van der Waals surface area contributed by atoms with Gasteiger partial charge in [0.25, 0.3) is 5.56 Å². The van der Waals surface area contributed by atoms with Gasteiger partial charge in [-0.05, 0) is 37.6 Å². The maximum Gasteiger partial charge on any atom is 0.274 e. The molecule has 3 heterocycles. The lowest BCUT2D eigenvalue weighted by Crippen LogP contribution is -2.50. The normalized spacial score (nSPS) is 14.0. The quantitative estimate of drug-likeness (QED) is 0.801. The Balaban J connectivity index is 1.65. The highest BCUT2D eigenvalue weighted by Crippen LogP contribution is 2.13. The summed E-state index contributed by atoms with van der Waals surface area (Å²) in [5, 5.41) is 2.64. The average molecular weight is 397 g/mol. The van der Waals surface area contributed by atoms with Gasteiger partial charge in [-0.3, -0.25) is 14.4 Å². The van der Waals surface area contributed by atoms with Crippen LogP contribution in [0, 0.1) is 6.92 Å². The largest absolute Gasteiger partial charge is 0.353 e. The molecule has 2 aromatic rings. The summed E-state index contributed by atoms with van der Waals surface area (Å²) in [6, 6.07) is 9.12. The Morgan fingerprint density at radius 1 is 1.10 bits per heavy atom. The summed E-state index contributed by atoms with van der Waals surface area (Å²) in [5.74, 6) is 0.604. The third kappa shape index (κ3) is 5.01. The van der Waals surface area contributed by atoms with E-state index < -0.39 is 0 Å². The third-order valence-corrected chi connectivity index (χ3v) is 5.04. The number of amides is 2. The summed E-state index contributed by atoms with van der Waals surface area (Å²) in [4.78, 5) is 45.6. The Bertz CT molecular complexity index is 918. The van der Waals surface area contributed by atoms with Crippen molar-refractivity contribution >= 4 is 23.3 Å². The number of carbonyl (C=O) groups is 2. The van der Waals surface area contributed by atoms with E-state index in [0.29, 0.717) is 44.7 Å². The standard InChI is InChI=1S/C21H27N5O3/c1-3-6-19(27)23-17-9-8-16(2)26(21(17)29)15-20(28)25-13-11-24(12-14-25)18-7-4-5-10-22-18/h4-5,7-10H,3,6,11-15H2,1-2H3,(H,23,27). The maximum atomic E-state index is 12.8. The van der Waals surface area contributed by atoms with Crippen LogP contribution in [0.3, 0.4) is 0 Å². The molecule has 29 heavy (non-hydrogen) atoms. The van der Waals surface area contributed by atoms with Crippen molar-refractivity contribution in [2.75, 3.05) is 36.4 Å². The molecule has 1 saturated heterocycles. The fourth-order valence-corrected chi connectivity index (χ4v) is 3.36. The first-order chi connectivity index (χ1) is 14.0. The van der Waals surface area contributed by atoms with Crippen LogP contribution < -0.4 is 15.8 Å². The molecule has 1 N–H and O–H groups in total. The number of nitrogens with zero attached hydrogens (tertiary/aromatic N) is 4. The monoisotopic (exact) mass is 397 g/mol. The smallest absolute Gasteiger partial charge is 0.274 e. The van der Waals surface area contributed by atoms with Gasteiger partial charge in [0.1, 0.15) is 18.1 Å². The molecule has 154 valence electrons. The van der Waals surface area contributed by atoms with Crippen LogP contribution in [0.1, 0.15) is 25.5 Å². The van der Waals surface area contributed by atoms with Gasteiger partial charge in [-0.2, -0.15) is 0 Å². The summed E-state index contributed by atoms with van der Waals surface area (Å²) >= 11 is 0. The van der Waals surface area contributed by atoms with Crippen molar-refractivity contribution in [2.45, 2.75) is 33.2 Å². The number of hydrogen-bond donors (Lipinski definition) is 1. The van der Waals surface area contributed by atoms with Crippen molar-refractivity contribution in [3.05, 3.63) is 52.6 Å². The molecule has 2 aromatic heterocycles. The molecule has 1 aliphatic rings. The summed E-state index contributed by atoms with van der Waals surface area (Å²) in [6.07, 6.45) is 2.82. The maximum absolute atomic E-state index is 12.8. The van der Waals surface area contributed by atoms with Crippen molar-refractivity contribution in [1.29, 1.82) is 0 Å². The van der Waals surface area contributed by atoms with E-state index in [2.05, 4.69) is 15.2 Å². The lowest BCUT2D eigenvalue weighted by Gasteiger charge is -2.35. The number of hydrogen-bond acceptors (Lipinski definition) is 5. The lowest BCUT2D eigenvalue weighted by atomic mass is 10.2. The van der Waals surface area contributed by atoms with Crippen LogP contribution in [-0.2, 0) is 16.1 Å². The van der Waals surface area contributed by atoms with E-state index in [0.717, 1.165) is 5.82 Å². The highest BCUT2D eigenvalue weighted by molar-refractivity contribution is 5.90. The first kappa shape index (κ1) is 20.6. The molecule has 0 bridgehead atoms. The number of anilines is 2. The van der Waals surface area contributed by atoms with E-state index in [1.807, 2.05) is 25.1 Å². The van der Waals surface area contributed by atoms with Crippen molar-refractivity contribution < 1.29 is 9.59 Å². The lowest BCUT2D eigenvalue weighted by molar-refractivity contribution is -0.132. The number of aromatic nitrogens is 2. The molecule has 3 rings (SSSR count). The van der Waals surface area contributed by atoms with Crippen molar-refractivity contribution in [3.8, 4) is 0 Å². The number of pyridine rings is 2. The molecule has 0 saturated carbocycles. The van der Waals surface area contributed by atoms with Gasteiger partial charge in [0, 0.05) is 44.5 Å². The van der Waals surface area contributed by atoms with Crippen LogP contribution in [0.5, 0.6) is 0 Å². The van der Waals surface area contributed by atoms with Crippen LogP contribution in [0.15, 0.2) is 41.3 Å². The van der Waals surface area contributed by atoms with Gasteiger partial charge < -0.3 is 19.7 Å². The Labute approximate surface area is 170 Å². The van der Waals surface area contributed by atoms with E-state index in [9.17, 15) is 14.4 Å². The first-order valence-electron chi connectivity index (χ1n) is 9.93. The molecule has 8 nitrogen and oxygen atoms in total. The predicted octanol–water partition coefficient (Wildman–Crippen LogP) is 1.64. The van der Waals surface area contributed by atoms with Crippen LogP contribution in [0.4, 0.5) is 11.5 Å². The van der Waals surface area contributed by atoms with E-state index in [-0.39, 0.29) is 29.6 Å². The Morgan fingerprint density at radius 3 is 2.52 bits per heavy atom. The van der Waals surface area contributed by atoms with Gasteiger partial charge >= 0.3 is 0 Å². The minimum atomic E-state index is -0.352. The van der Waals surface area contributed by atoms with Gasteiger partial charge in [-0.1, -0.05) is 13.0 Å². The fourth-order valence-electron chi connectivity index (χ4n) is 3.36. The van der Waals surface area contributed by atoms with Crippen LogP contribution >= 0.6 is 0 Å². The SMILES string of the molecule is CCCC(=O)Nc1ccc(C)n(CC(=O)N2CCN(c3ccccn3)CC2)c1=O. The second kappa shape index (κ2) is 9.36. The zero-order valence-electron chi connectivity index (χ0n) is 16.9. The molecule has 1 aliphatic heterocycles. The van der Waals surface area contributed by atoms with Gasteiger partial charge in [0.15, 0.2) is 0 Å². The zero-order valence-corrected chi connectivity index (χ0v) is 16.9. The number of nitrogens with one attached hydrogen (secondary N) is 1. The molecule has 0 spiro atoms. The molecular formula is C21H27N5O3. The fraction of sp³-hybridized carbons (Fsp3) is 0.429. The summed E-state index contributed by atoms with van der Waals surface area (Å²) in [7, 11) is 0. The summed E-state index contributed by atoms with van der Waals surface area (Å²) < 4.78 is 1.43. The van der Waals surface area contributed by atoms with Crippen molar-refractivity contribution in [1.82, 2.24) is 14.5 Å². The van der Waals surface area contributed by atoms with E-state index in [1.54, 1.807) is 30.2 Å². The second-order valence-corrected chi connectivity index (χ2v) is 7.13. The molecule has 0 unspecified atom stereocenters. The van der Waals surface area contributed by atoms with Gasteiger partial charge in [0.2, 0.25) is 11.8 Å². The van der Waals surface area contributed by atoms with Gasteiger partial charge in [-0.25, -0.2) is 4.98 Å². The average Bonchev–Trinajstić information content (AvgIpc) is 2.74. The topological polar surface area (TPSA) is 87.5 Å². The summed E-state index contributed by atoms with van der Waals surface area (Å²) in [6.45, 7) is 6.20. The number of piperazine rings is 1. The third-order valence-electron chi connectivity index (χ3n) is 5.04. The minimum Gasteiger partial charge on any atom is -0.353 e.